The summed E-state index contributed by atoms with van der Waals surface area (Å²) in [5.74, 6) is -0.475. The zero-order valence-corrected chi connectivity index (χ0v) is 13.9. The smallest absolute Gasteiger partial charge is 0.378 e. The molecule has 1 N–H and O–H groups in total. The van der Waals surface area contributed by atoms with E-state index in [1.807, 2.05) is 0 Å². The van der Waals surface area contributed by atoms with Crippen molar-refractivity contribution in [3.8, 4) is 5.75 Å². The molecule has 1 aliphatic carbocycles. The minimum absolute atomic E-state index is 0.0489. The molecule has 1 atom stereocenters. The lowest BCUT2D eigenvalue weighted by molar-refractivity contribution is -0.131. The van der Waals surface area contributed by atoms with E-state index in [0.717, 1.165) is 25.7 Å². The third-order valence-corrected chi connectivity index (χ3v) is 4.22. The molecule has 0 aliphatic heterocycles. The first-order valence-corrected chi connectivity index (χ1v) is 8.23. The molecule has 1 saturated carbocycles. The van der Waals surface area contributed by atoms with Gasteiger partial charge in [0.2, 0.25) is 11.9 Å². The zero-order chi connectivity index (χ0) is 17.6. The Bertz CT molecular complexity index is 706. The molecule has 25 heavy (non-hydrogen) atoms. The fraction of sp³-hybridized carbons (Fsp3) is 0.389. The first-order chi connectivity index (χ1) is 12.2. The van der Waals surface area contributed by atoms with E-state index in [4.69, 9.17) is 14.0 Å². The molecule has 2 aromatic rings. The summed E-state index contributed by atoms with van der Waals surface area (Å²) in [4.78, 5) is 24.9. The predicted molar refractivity (Wildman–Crippen MR) is 88.1 cm³/mol. The number of esters is 1. The van der Waals surface area contributed by atoms with Crippen LogP contribution < -0.4 is 10.1 Å². The van der Waals surface area contributed by atoms with Crippen molar-refractivity contribution in [2.24, 2.45) is 0 Å². The topological polar surface area (TPSA) is 90.7 Å². The molecule has 1 aliphatic rings. The average molecular weight is 344 g/mol. The Morgan fingerprint density at radius 1 is 1.20 bits per heavy atom. The molecule has 1 aromatic carbocycles. The van der Waals surface area contributed by atoms with Crippen LogP contribution in [0.5, 0.6) is 5.75 Å². The number of nitrogens with zero attached hydrogens (tertiary/aromatic N) is 1. The number of benzene rings is 1. The Hall–Kier alpha value is -2.83. The molecule has 3 rings (SSSR count). The van der Waals surface area contributed by atoms with Crippen molar-refractivity contribution in [3.05, 3.63) is 47.9 Å². The van der Waals surface area contributed by atoms with Crippen LogP contribution in [0.4, 0.5) is 0 Å². The van der Waals surface area contributed by atoms with Crippen molar-refractivity contribution < 1.29 is 23.6 Å². The highest BCUT2D eigenvalue weighted by atomic mass is 16.6. The monoisotopic (exact) mass is 344 g/mol. The van der Waals surface area contributed by atoms with E-state index in [9.17, 15) is 9.59 Å². The van der Waals surface area contributed by atoms with Crippen LogP contribution in [0.2, 0.25) is 0 Å². The van der Waals surface area contributed by atoms with Crippen LogP contribution in [0.15, 0.2) is 41.1 Å². The lowest BCUT2D eigenvalue weighted by atomic mass is 10.1. The fourth-order valence-corrected chi connectivity index (χ4v) is 2.88. The van der Waals surface area contributed by atoms with Gasteiger partial charge in [0.1, 0.15) is 5.75 Å². The highest BCUT2D eigenvalue weighted by Gasteiger charge is 2.29. The second kappa shape index (κ2) is 7.83. The standard InChI is InChI=1S/C18H20N2O5/c1-23-14-8-6-12(7-9-14)16(17(21)20-13-4-2-3-5-13)24-18(22)15-10-11-19-25-15/h6-11,13,16H,2-5H2,1H3,(H,20,21). The molecular weight excluding hydrogens is 324 g/mol. The van der Waals surface area contributed by atoms with Gasteiger partial charge in [-0.15, -0.1) is 0 Å². The normalized spacial score (nSPS) is 15.6. The van der Waals surface area contributed by atoms with Crippen LogP contribution in [0.25, 0.3) is 0 Å². The van der Waals surface area contributed by atoms with E-state index < -0.39 is 12.1 Å². The molecule has 1 amide bonds. The van der Waals surface area contributed by atoms with Crippen molar-refractivity contribution in [1.29, 1.82) is 0 Å². The van der Waals surface area contributed by atoms with E-state index in [1.54, 1.807) is 31.4 Å². The molecule has 0 saturated heterocycles. The summed E-state index contributed by atoms with van der Waals surface area (Å²) in [6, 6.07) is 8.34. The molecule has 0 spiro atoms. The Labute approximate surface area is 145 Å². The Kier molecular flexibility index (Phi) is 5.33. The molecule has 0 bridgehead atoms. The number of amides is 1. The van der Waals surface area contributed by atoms with E-state index in [-0.39, 0.29) is 17.7 Å². The molecule has 1 aromatic heterocycles. The number of hydrogen-bond donors (Lipinski definition) is 1. The number of rotatable bonds is 6. The van der Waals surface area contributed by atoms with Crippen LogP contribution in [-0.2, 0) is 9.53 Å². The fourth-order valence-electron chi connectivity index (χ4n) is 2.88. The number of carbonyl (C=O) groups excluding carboxylic acids is 2. The third kappa shape index (κ3) is 4.17. The molecule has 7 heteroatoms. The van der Waals surface area contributed by atoms with Crippen LogP contribution in [0, 0.1) is 0 Å². The SMILES string of the molecule is COc1ccc(C(OC(=O)c2ccno2)C(=O)NC2CCCC2)cc1. The molecular formula is C18H20N2O5. The largest absolute Gasteiger partial charge is 0.497 e. The van der Waals surface area contributed by atoms with Crippen LogP contribution in [0.3, 0.4) is 0 Å². The van der Waals surface area contributed by atoms with Gasteiger partial charge in [-0.1, -0.05) is 30.1 Å². The summed E-state index contributed by atoms with van der Waals surface area (Å²) in [7, 11) is 1.56. The van der Waals surface area contributed by atoms with Crippen molar-refractivity contribution in [2.45, 2.75) is 37.8 Å². The number of methoxy groups -OCH3 is 1. The molecule has 1 unspecified atom stereocenters. The second-order valence-electron chi connectivity index (χ2n) is 5.93. The summed E-state index contributed by atoms with van der Waals surface area (Å²) in [6.45, 7) is 0. The summed E-state index contributed by atoms with van der Waals surface area (Å²) < 4.78 is 15.3. The molecule has 132 valence electrons. The van der Waals surface area contributed by atoms with Gasteiger partial charge in [-0.2, -0.15) is 0 Å². The zero-order valence-electron chi connectivity index (χ0n) is 13.9. The lowest BCUT2D eigenvalue weighted by Crippen LogP contribution is -2.38. The number of hydrogen-bond acceptors (Lipinski definition) is 6. The minimum Gasteiger partial charge on any atom is -0.497 e. The van der Waals surface area contributed by atoms with Crippen molar-refractivity contribution >= 4 is 11.9 Å². The van der Waals surface area contributed by atoms with Gasteiger partial charge in [0.15, 0.2) is 0 Å². The van der Waals surface area contributed by atoms with Gasteiger partial charge in [-0.3, -0.25) is 4.79 Å². The lowest BCUT2D eigenvalue weighted by Gasteiger charge is -2.20. The minimum atomic E-state index is -1.07. The molecule has 0 radical (unpaired) electrons. The van der Waals surface area contributed by atoms with Gasteiger partial charge in [0, 0.05) is 17.7 Å². The summed E-state index contributed by atoms with van der Waals surface area (Å²) in [5, 5.41) is 6.44. The van der Waals surface area contributed by atoms with Crippen molar-refractivity contribution in [1.82, 2.24) is 10.5 Å². The van der Waals surface area contributed by atoms with Crippen molar-refractivity contribution in [3.63, 3.8) is 0 Å². The predicted octanol–water partition coefficient (Wildman–Crippen LogP) is 2.64. The summed E-state index contributed by atoms with van der Waals surface area (Å²) >= 11 is 0. The number of ether oxygens (including phenoxy) is 2. The number of nitrogens with one attached hydrogen (secondary N) is 1. The first kappa shape index (κ1) is 17.0. The van der Waals surface area contributed by atoms with Gasteiger partial charge in [-0.25, -0.2) is 4.79 Å². The average Bonchev–Trinajstić information content (AvgIpc) is 3.33. The van der Waals surface area contributed by atoms with E-state index in [2.05, 4.69) is 10.5 Å². The van der Waals surface area contributed by atoms with Crippen LogP contribution >= 0.6 is 0 Å². The third-order valence-electron chi connectivity index (χ3n) is 4.22. The maximum absolute atomic E-state index is 12.7. The van der Waals surface area contributed by atoms with Crippen LogP contribution in [-0.4, -0.2) is 30.2 Å². The number of carbonyl (C=O) groups is 2. The molecule has 1 fully saturated rings. The summed E-state index contributed by atoms with van der Waals surface area (Å²) in [6.07, 6.45) is 4.35. The maximum atomic E-state index is 12.7. The maximum Gasteiger partial charge on any atom is 0.378 e. The van der Waals surface area contributed by atoms with Crippen molar-refractivity contribution in [2.75, 3.05) is 7.11 Å². The second-order valence-corrected chi connectivity index (χ2v) is 5.93. The number of aromatic nitrogens is 1. The van der Waals surface area contributed by atoms with Gasteiger partial charge >= 0.3 is 5.97 Å². The highest BCUT2D eigenvalue weighted by Crippen LogP contribution is 2.24. The first-order valence-electron chi connectivity index (χ1n) is 8.23. The van der Waals surface area contributed by atoms with Crippen LogP contribution in [0.1, 0.15) is 47.9 Å². The van der Waals surface area contributed by atoms with E-state index in [1.165, 1.54) is 12.3 Å². The quantitative estimate of drug-likeness (QED) is 0.810. The molecule has 7 nitrogen and oxygen atoms in total. The Morgan fingerprint density at radius 3 is 2.52 bits per heavy atom. The van der Waals surface area contributed by atoms with Gasteiger partial charge < -0.3 is 19.3 Å². The van der Waals surface area contributed by atoms with E-state index in [0.29, 0.717) is 11.3 Å². The highest BCUT2D eigenvalue weighted by molar-refractivity contribution is 5.90. The molecule has 1 heterocycles. The van der Waals surface area contributed by atoms with Gasteiger partial charge in [0.05, 0.1) is 13.3 Å². The van der Waals surface area contributed by atoms with E-state index >= 15 is 0 Å². The summed E-state index contributed by atoms with van der Waals surface area (Å²) in [5.41, 5.74) is 0.559. The van der Waals surface area contributed by atoms with Gasteiger partial charge in [-0.05, 0) is 25.0 Å². The Morgan fingerprint density at radius 2 is 1.92 bits per heavy atom. The Balaban J connectivity index is 1.78. The van der Waals surface area contributed by atoms with Gasteiger partial charge in [0.25, 0.3) is 5.91 Å².